The highest BCUT2D eigenvalue weighted by Gasteiger charge is 2.27. The van der Waals surface area contributed by atoms with E-state index in [0.717, 1.165) is 29.1 Å². The van der Waals surface area contributed by atoms with Crippen LogP contribution in [0.15, 0.2) is 131 Å². The topological polar surface area (TPSA) is 36.8 Å². The Hall–Kier alpha value is -4.28. The second kappa shape index (κ2) is 9.30. The van der Waals surface area contributed by atoms with Crippen LogP contribution in [-0.4, -0.2) is 23.6 Å². The van der Waals surface area contributed by atoms with Crippen molar-refractivity contribution in [3.8, 4) is 11.1 Å². The lowest BCUT2D eigenvalue weighted by molar-refractivity contribution is 0.554. The molecular formula is C33H25N3S. The number of thiophene rings is 1. The second-order valence-electron chi connectivity index (χ2n) is 9.45. The molecule has 0 spiro atoms. The van der Waals surface area contributed by atoms with Gasteiger partial charge in [-0.15, -0.1) is 11.3 Å². The van der Waals surface area contributed by atoms with Gasteiger partial charge in [-0.25, -0.2) is 4.99 Å². The summed E-state index contributed by atoms with van der Waals surface area (Å²) in [6.07, 6.45) is 9.13. The van der Waals surface area contributed by atoms with E-state index >= 15 is 0 Å². The number of hydrogen-bond donors (Lipinski definition) is 1. The van der Waals surface area contributed by atoms with E-state index in [1.54, 1.807) is 0 Å². The summed E-state index contributed by atoms with van der Waals surface area (Å²) in [6.45, 7) is 0. The van der Waals surface area contributed by atoms with Gasteiger partial charge in [0.15, 0.2) is 5.84 Å². The normalized spacial score (nSPS) is 19.0. The van der Waals surface area contributed by atoms with Crippen molar-refractivity contribution < 1.29 is 0 Å². The first-order valence-corrected chi connectivity index (χ1v) is 13.5. The molecule has 37 heavy (non-hydrogen) atoms. The molecular weight excluding hydrogens is 470 g/mol. The van der Waals surface area contributed by atoms with E-state index in [2.05, 4.69) is 115 Å². The molecule has 0 radical (unpaired) electrons. The maximum Gasteiger partial charge on any atom is 0.155 e. The van der Waals surface area contributed by atoms with Crippen LogP contribution in [0.1, 0.15) is 17.5 Å². The Bertz CT molecular complexity index is 1730. The molecule has 3 heterocycles. The monoisotopic (exact) mass is 495 g/mol. The van der Waals surface area contributed by atoms with Gasteiger partial charge in [-0.2, -0.15) is 0 Å². The fraction of sp³-hybridized carbons (Fsp3) is 0.0909. The Balaban J connectivity index is 1.48. The molecule has 2 unspecified atom stereocenters. The average molecular weight is 496 g/mol. The number of dihydropyridines is 1. The molecule has 3 nitrogen and oxygen atoms in total. The van der Waals surface area contributed by atoms with E-state index in [-0.39, 0.29) is 12.1 Å². The fourth-order valence-corrected chi connectivity index (χ4v) is 6.45. The van der Waals surface area contributed by atoms with Gasteiger partial charge in [0.2, 0.25) is 0 Å². The number of nitrogens with one attached hydrogen (secondary N) is 1. The number of nitrogens with zero attached hydrogens (tertiary/aromatic N) is 2. The molecule has 0 saturated heterocycles. The zero-order valence-electron chi connectivity index (χ0n) is 20.2. The van der Waals surface area contributed by atoms with Gasteiger partial charge < -0.3 is 5.32 Å². The minimum Gasteiger partial charge on any atom is -0.382 e. The summed E-state index contributed by atoms with van der Waals surface area (Å²) < 4.78 is 2.55. The molecule has 0 aliphatic carbocycles. The first-order chi connectivity index (χ1) is 18.3. The summed E-state index contributed by atoms with van der Waals surface area (Å²) in [6, 6.07) is 34.6. The van der Waals surface area contributed by atoms with Crippen molar-refractivity contribution >= 4 is 43.1 Å². The zero-order chi connectivity index (χ0) is 24.6. The quantitative estimate of drug-likeness (QED) is 0.272. The summed E-state index contributed by atoms with van der Waals surface area (Å²) in [5, 5.41) is 6.00. The Kier molecular flexibility index (Phi) is 5.52. The van der Waals surface area contributed by atoms with Gasteiger partial charge in [0.25, 0.3) is 0 Å². The van der Waals surface area contributed by atoms with Gasteiger partial charge in [0.05, 0.1) is 17.8 Å². The number of rotatable bonds is 4. The first-order valence-electron chi connectivity index (χ1n) is 12.6. The third kappa shape index (κ3) is 4.09. The van der Waals surface area contributed by atoms with E-state index in [4.69, 9.17) is 9.98 Å². The van der Waals surface area contributed by atoms with Crippen molar-refractivity contribution in [2.45, 2.75) is 18.5 Å². The minimum absolute atomic E-state index is 0.0456. The van der Waals surface area contributed by atoms with E-state index in [9.17, 15) is 0 Å². The molecule has 1 N–H and O–H groups in total. The van der Waals surface area contributed by atoms with Gasteiger partial charge in [-0.1, -0.05) is 91.0 Å². The van der Waals surface area contributed by atoms with Gasteiger partial charge in [-0.05, 0) is 47.2 Å². The second-order valence-corrected chi connectivity index (χ2v) is 10.5. The number of aliphatic imine (C=N–C) groups is 2. The zero-order valence-corrected chi connectivity index (χ0v) is 21.0. The Morgan fingerprint density at radius 3 is 2.27 bits per heavy atom. The highest BCUT2D eigenvalue weighted by atomic mass is 32.1. The lowest BCUT2D eigenvalue weighted by Gasteiger charge is -2.28. The number of allylic oxidation sites excluding steroid dienone is 2. The predicted octanol–water partition coefficient (Wildman–Crippen LogP) is 7.77. The standard InChI is InChI=1S/C33H25N3S/c1-3-11-22(12-4-1)24-19-26(32-25-15-7-8-17-30(25)37-31(32)20-24)33-35-28(23-13-5-2-6-14-23)21-29(36-33)27-16-9-10-18-34-27/h1-20,27,29,34H,21H2. The number of hydrogen-bond acceptors (Lipinski definition) is 4. The Morgan fingerprint density at radius 1 is 0.730 bits per heavy atom. The summed E-state index contributed by atoms with van der Waals surface area (Å²) in [5.41, 5.74) is 5.72. The summed E-state index contributed by atoms with van der Waals surface area (Å²) in [7, 11) is 0. The molecule has 7 rings (SSSR count). The third-order valence-electron chi connectivity index (χ3n) is 7.09. The van der Waals surface area contributed by atoms with Gasteiger partial charge in [0, 0.05) is 32.2 Å². The van der Waals surface area contributed by atoms with E-state index in [0.29, 0.717) is 0 Å². The van der Waals surface area contributed by atoms with Crippen molar-refractivity contribution in [2.24, 2.45) is 9.98 Å². The maximum absolute atomic E-state index is 5.31. The minimum atomic E-state index is 0.0456. The third-order valence-corrected chi connectivity index (χ3v) is 8.21. The molecule has 2 aliphatic heterocycles. The average Bonchev–Trinajstić information content (AvgIpc) is 3.36. The van der Waals surface area contributed by atoms with Gasteiger partial charge in [0.1, 0.15) is 0 Å². The molecule has 178 valence electrons. The molecule has 5 aromatic rings. The number of amidine groups is 1. The van der Waals surface area contributed by atoms with Crippen LogP contribution in [0.2, 0.25) is 0 Å². The van der Waals surface area contributed by atoms with Gasteiger partial charge in [-0.3, -0.25) is 4.99 Å². The first kappa shape index (κ1) is 22.0. The van der Waals surface area contributed by atoms with Crippen molar-refractivity contribution in [3.63, 3.8) is 0 Å². The van der Waals surface area contributed by atoms with Crippen LogP contribution < -0.4 is 5.32 Å². The molecule has 2 aliphatic rings. The largest absolute Gasteiger partial charge is 0.382 e. The van der Waals surface area contributed by atoms with Gasteiger partial charge >= 0.3 is 0 Å². The molecule has 4 heteroatoms. The smallest absolute Gasteiger partial charge is 0.155 e. The summed E-state index contributed by atoms with van der Waals surface area (Å²) in [5.74, 6) is 0.811. The van der Waals surface area contributed by atoms with Crippen molar-refractivity contribution in [1.82, 2.24) is 5.32 Å². The van der Waals surface area contributed by atoms with E-state index < -0.39 is 0 Å². The van der Waals surface area contributed by atoms with E-state index in [1.807, 2.05) is 23.6 Å². The molecule has 0 saturated carbocycles. The van der Waals surface area contributed by atoms with Crippen LogP contribution in [0.5, 0.6) is 0 Å². The predicted molar refractivity (Wildman–Crippen MR) is 158 cm³/mol. The van der Waals surface area contributed by atoms with E-state index in [1.165, 1.54) is 31.3 Å². The Morgan fingerprint density at radius 2 is 1.49 bits per heavy atom. The number of benzene rings is 4. The summed E-state index contributed by atoms with van der Waals surface area (Å²) in [4.78, 5) is 10.5. The SMILES string of the molecule is C1=CNC(C2CC(c3ccccc3)=NC(c3cc(-c4ccccc4)cc4sc5ccccc5c34)=N2)C=C1. The van der Waals surface area contributed by atoms with Crippen LogP contribution in [0.25, 0.3) is 31.3 Å². The molecule has 0 fully saturated rings. The van der Waals surface area contributed by atoms with Crippen LogP contribution >= 0.6 is 11.3 Å². The van der Waals surface area contributed by atoms with Crippen molar-refractivity contribution in [1.29, 1.82) is 0 Å². The number of fused-ring (bicyclic) bond motifs is 3. The molecule has 2 atom stereocenters. The van der Waals surface area contributed by atoms with Crippen molar-refractivity contribution in [2.75, 3.05) is 0 Å². The fourth-order valence-electron chi connectivity index (χ4n) is 5.28. The van der Waals surface area contributed by atoms with Crippen LogP contribution in [0.4, 0.5) is 0 Å². The van der Waals surface area contributed by atoms with Crippen LogP contribution in [-0.2, 0) is 0 Å². The highest BCUT2D eigenvalue weighted by molar-refractivity contribution is 7.25. The molecule has 0 bridgehead atoms. The lowest BCUT2D eigenvalue weighted by atomic mass is 9.93. The highest BCUT2D eigenvalue weighted by Crippen LogP contribution is 2.40. The Labute approximate surface area is 220 Å². The molecule has 0 amide bonds. The molecule has 1 aromatic heterocycles. The van der Waals surface area contributed by atoms with Crippen molar-refractivity contribution in [3.05, 3.63) is 133 Å². The molecule has 4 aromatic carbocycles. The lowest BCUT2D eigenvalue weighted by Crippen LogP contribution is -2.39. The van der Waals surface area contributed by atoms with Crippen LogP contribution in [0, 0.1) is 0 Å². The van der Waals surface area contributed by atoms with Crippen LogP contribution in [0.3, 0.4) is 0 Å². The summed E-state index contributed by atoms with van der Waals surface area (Å²) >= 11 is 1.84. The maximum atomic E-state index is 5.31.